The van der Waals surface area contributed by atoms with Crippen LogP contribution in [0.4, 0.5) is 0 Å². The second-order valence-corrected chi connectivity index (χ2v) is 14.8. The van der Waals surface area contributed by atoms with E-state index >= 15 is 0 Å². The van der Waals surface area contributed by atoms with Crippen LogP contribution in [0.25, 0.3) is 101 Å². The summed E-state index contributed by atoms with van der Waals surface area (Å²) >= 11 is 0. The van der Waals surface area contributed by atoms with Gasteiger partial charge in [-0.15, -0.1) is 0 Å². The number of aromatic nitrogens is 6. The fraction of sp³-hybridized carbons (Fsp3) is 0.0392. The maximum atomic E-state index is 5.43. The van der Waals surface area contributed by atoms with Crippen LogP contribution in [0.3, 0.4) is 0 Å². The molecule has 6 nitrogen and oxygen atoms in total. The van der Waals surface area contributed by atoms with Gasteiger partial charge in [0.05, 0.1) is 27.6 Å². The minimum absolute atomic E-state index is 0.572. The van der Waals surface area contributed by atoms with Gasteiger partial charge in [0.25, 0.3) is 0 Å². The lowest BCUT2D eigenvalue weighted by Gasteiger charge is -2.14. The first kappa shape index (κ1) is 31.7. The van der Waals surface area contributed by atoms with E-state index in [0.29, 0.717) is 17.6 Å². The summed E-state index contributed by atoms with van der Waals surface area (Å²) in [6.07, 6.45) is 6.58. The maximum Gasteiger partial charge on any atom is 0.238 e. The number of hydrogen-bond acceptors (Lipinski definition) is 3. The van der Waals surface area contributed by atoms with E-state index in [2.05, 4.69) is 178 Å². The Morgan fingerprint density at radius 2 is 0.947 bits per heavy atom. The molecular weight excluding hydrogens is 697 g/mol. The average Bonchev–Trinajstić information content (AvgIpc) is 3.93. The number of fused-ring (bicyclic) bond motifs is 10. The summed E-state index contributed by atoms with van der Waals surface area (Å²) < 4.78 is 7.08. The fourth-order valence-electron chi connectivity index (χ4n) is 9.09. The Balaban J connectivity index is 1.19. The predicted octanol–water partition coefficient (Wildman–Crippen LogP) is 12.3. The zero-order valence-corrected chi connectivity index (χ0v) is 30.9. The molecule has 7 aromatic carbocycles. The van der Waals surface area contributed by atoms with Crippen molar-refractivity contribution in [2.45, 2.75) is 12.8 Å². The van der Waals surface area contributed by atoms with Crippen LogP contribution < -0.4 is 0 Å². The molecule has 12 rings (SSSR count). The summed E-state index contributed by atoms with van der Waals surface area (Å²) in [6, 6.07) is 60.1. The van der Waals surface area contributed by atoms with E-state index in [1.54, 1.807) is 0 Å². The van der Waals surface area contributed by atoms with E-state index in [9.17, 15) is 0 Å². The van der Waals surface area contributed by atoms with Crippen molar-refractivity contribution in [2.75, 3.05) is 0 Å². The van der Waals surface area contributed by atoms with Gasteiger partial charge in [-0.05, 0) is 55.3 Å². The van der Waals surface area contributed by atoms with Gasteiger partial charge >= 0.3 is 0 Å². The van der Waals surface area contributed by atoms with Gasteiger partial charge in [0.2, 0.25) is 5.95 Å². The summed E-state index contributed by atoms with van der Waals surface area (Å²) in [5.74, 6) is 1.82. The van der Waals surface area contributed by atoms with Crippen LogP contribution in [0.1, 0.15) is 17.7 Å². The molecule has 0 fully saturated rings. The average molecular weight is 731 g/mol. The molecule has 0 aliphatic heterocycles. The number of allylic oxidation sites excluding steroid dienone is 1. The minimum Gasteiger partial charge on any atom is -0.313 e. The molecule has 1 aliphatic carbocycles. The highest BCUT2D eigenvalue weighted by atomic mass is 15.2. The topological polar surface area (TPSA) is 53.5 Å². The van der Waals surface area contributed by atoms with Gasteiger partial charge in [-0.3, -0.25) is 4.57 Å². The Hall–Kier alpha value is -7.57. The van der Waals surface area contributed by atoms with Crippen LogP contribution in [-0.2, 0) is 6.42 Å². The summed E-state index contributed by atoms with van der Waals surface area (Å²) in [6.45, 7) is 0. The van der Waals surface area contributed by atoms with E-state index in [1.165, 1.54) is 27.4 Å². The SMILES string of the molecule is C1=Cc2c(n(-c3ccccc3)c3cc(-c4nc(-c5ccccc5)nc(-n5c6ccccc6c6ccc7c8ccccc8n(-c8ccccc8)c7c65)n4)ccc23)CC1. The summed E-state index contributed by atoms with van der Waals surface area (Å²) in [7, 11) is 0. The van der Waals surface area contributed by atoms with Crippen LogP contribution in [0, 0.1) is 0 Å². The number of para-hydroxylation sites is 4. The Labute approximate surface area is 328 Å². The van der Waals surface area contributed by atoms with Crippen LogP contribution in [0.15, 0.2) is 176 Å². The molecule has 1 aliphatic rings. The highest BCUT2D eigenvalue weighted by Gasteiger charge is 2.24. The molecule has 0 bridgehead atoms. The summed E-state index contributed by atoms with van der Waals surface area (Å²) in [5, 5.41) is 5.88. The number of hydrogen-bond donors (Lipinski definition) is 0. The van der Waals surface area contributed by atoms with E-state index in [-0.39, 0.29) is 0 Å². The monoisotopic (exact) mass is 730 g/mol. The molecule has 0 spiro atoms. The fourth-order valence-corrected chi connectivity index (χ4v) is 9.09. The highest BCUT2D eigenvalue weighted by molar-refractivity contribution is 6.23. The lowest BCUT2D eigenvalue weighted by atomic mass is 10.0. The van der Waals surface area contributed by atoms with Crippen molar-refractivity contribution in [2.24, 2.45) is 0 Å². The normalized spacial score (nSPS) is 12.7. The number of rotatable bonds is 5. The second-order valence-electron chi connectivity index (χ2n) is 14.8. The van der Waals surface area contributed by atoms with Crippen molar-refractivity contribution in [3.05, 3.63) is 187 Å². The molecule has 0 atom stereocenters. The van der Waals surface area contributed by atoms with Gasteiger partial charge in [0.1, 0.15) is 0 Å². The Morgan fingerprint density at radius 1 is 0.404 bits per heavy atom. The molecule has 0 amide bonds. The lowest BCUT2D eigenvalue weighted by Crippen LogP contribution is -2.07. The molecule has 0 radical (unpaired) electrons. The van der Waals surface area contributed by atoms with E-state index in [4.69, 9.17) is 15.0 Å². The molecule has 4 heterocycles. The number of benzene rings is 7. The van der Waals surface area contributed by atoms with Crippen LogP contribution in [0.2, 0.25) is 0 Å². The molecule has 0 unspecified atom stereocenters. The molecule has 0 saturated carbocycles. The first-order valence-electron chi connectivity index (χ1n) is 19.5. The van der Waals surface area contributed by atoms with Gasteiger partial charge in [-0.1, -0.05) is 140 Å². The number of nitrogens with zero attached hydrogens (tertiary/aromatic N) is 6. The zero-order chi connectivity index (χ0) is 37.5. The smallest absolute Gasteiger partial charge is 0.238 e. The van der Waals surface area contributed by atoms with Crippen molar-refractivity contribution in [3.8, 4) is 40.1 Å². The first-order chi connectivity index (χ1) is 28.3. The standard InChI is InChI=1S/C51H34N6/c1-4-16-33(17-5-1)49-52-50(34-28-29-40-37-22-10-13-25-43(37)55(46(40)32-34)35-18-6-2-7-19-35)54-51(53-49)57-45-27-15-12-24-39(45)42-31-30-41-38-23-11-14-26-44(38)56(47(41)48(42)57)36-20-8-3-9-21-36/h1-12,14-24,26-32H,13,25H2. The third-order valence-electron chi connectivity index (χ3n) is 11.6. The van der Waals surface area contributed by atoms with Crippen molar-refractivity contribution in [1.29, 1.82) is 0 Å². The Morgan fingerprint density at radius 3 is 1.63 bits per heavy atom. The molecule has 0 saturated heterocycles. The Bertz CT molecular complexity index is 3390. The third kappa shape index (κ3) is 4.80. The molecule has 268 valence electrons. The van der Waals surface area contributed by atoms with Crippen LogP contribution in [0.5, 0.6) is 0 Å². The van der Waals surface area contributed by atoms with Gasteiger partial charge in [-0.25, -0.2) is 4.98 Å². The Kier molecular flexibility index (Phi) is 6.95. The van der Waals surface area contributed by atoms with Crippen molar-refractivity contribution in [1.82, 2.24) is 28.7 Å². The van der Waals surface area contributed by atoms with Gasteiger partial charge in [0, 0.05) is 60.7 Å². The van der Waals surface area contributed by atoms with Crippen LogP contribution in [-0.4, -0.2) is 28.7 Å². The maximum absolute atomic E-state index is 5.43. The van der Waals surface area contributed by atoms with Gasteiger partial charge < -0.3 is 9.13 Å². The lowest BCUT2D eigenvalue weighted by molar-refractivity contribution is 0.888. The largest absolute Gasteiger partial charge is 0.313 e. The van der Waals surface area contributed by atoms with Crippen LogP contribution >= 0.6 is 0 Å². The van der Waals surface area contributed by atoms with Gasteiger partial charge in [0.15, 0.2) is 11.6 Å². The molecule has 11 aromatic rings. The molecule has 6 heteroatoms. The summed E-state index contributed by atoms with van der Waals surface area (Å²) in [5.41, 5.74) is 12.2. The van der Waals surface area contributed by atoms with E-state index < -0.39 is 0 Å². The minimum atomic E-state index is 0.572. The van der Waals surface area contributed by atoms with E-state index in [1.807, 2.05) is 18.2 Å². The third-order valence-corrected chi connectivity index (χ3v) is 11.6. The molecular formula is C51H34N6. The van der Waals surface area contributed by atoms with E-state index in [0.717, 1.165) is 73.7 Å². The van der Waals surface area contributed by atoms with Crippen molar-refractivity contribution >= 4 is 60.6 Å². The van der Waals surface area contributed by atoms with Crippen molar-refractivity contribution in [3.63, 3.8) is 0 Å². The second kappa shape index (κ2) is 12.5. The molecule has 57 heavy (non-hydrogen) atoms. The quantitative estimate of drug-likeness (QED) is 0.177. The molecule has 0 N–H and O–H groups in total. The van der Waals surface area contributed by atoms with Gasteiger partial charge in [-0.2, -0.15) is 9.97 Å². The highest BCUT2D eigenvalue weighted by Crippen LogP contribution is 2.42. The van der Waals surface area contributed by atoms with Crippen molar-refractivity contribution < 1.29 is 0 Å². The first-order valence-corrected chi connectivity index (χ1v) is 19.5. The predicted molar refractivity (Wildman–Crippen MR) is 234 cm³/mol. The molecule has 4 aromatic heterocycles. The zero-order valence-electron chi connectivity index (χ0n) is 30.9. The summed E-state index contributed by atoms with van der Waals surface area (Å²) in [4.78, 5) is 16.0.